The highest BCUT2D eigenvalue weighted by molar-refractivity contribution is 5.83. The van der Waals surface area contributed by atoms with Gasteiger partial charge in [-0.25, -0.2) is 0 Å². The molecule has 1 aromatic carbocycles. The van der Waals surface area contributed by atoms with Crippen LogP contribution >= 0.6 is 0 Å². The summed E-state index contributed by atoms with van der Waals surface area (Å²) < 4.78 is 2.25. The van der Waals surface area contributed by atoms with E-state index >= 15 is 0 Å². The smallest absolute Gasteiger partial charge is 0.0526 e. The summed E-state index contributed by atoms with van der Waals surface area (Å²) in [5.74, 6) is 2.70. The highest BCUT2D eigenvalue weighted by atomic mass is 15.0. The number of rotatable bonds is 5. The standard InChI is InChI=1S/C15H18N2/c1-3-5-10-17-11-9-13-7-6-8-14(15(13)17)12-16-4-2/h1,6-9,11,16H,4-5,10,12H2,2H3. The first-order chi connectivity index (χ1) is 8.36. The van der Waals surface area contributed by atoms with E-state index in [1.54, 1.807) is 0 Å². The van der Waals surface area contributed by atoms with Crippen molar-refractivity contribution in [1.29, 1.82) is 0 Å². The first-order valence-corrected chi connectivity index (χ1v) is 6.07. The van der Waals surface area contributed by atoms with E-state index in [4.69, 9.17) is 6.42 Å². The van der Waals surface area contributed by atoms with Gasteiger partial charge in [-0.3, -0.25) is 0 Å². The van der Waals surface area contributed by atoms with E-state index in [1.807, 2.05) is 0 Å². The van der Waals surface area contributed by atoms with Crippen molar-refractivity contribution in [2.24, 2.45) is 0 Å². The van der Waals surface area contributed by atoms with Crippen LogP contribution in [0.2, 0.25) is 0 Å². The number of nitrogens with zero attached hydrogens (tertiary/aromatic N) is 1. The van der Waals surface area contributed by atoms with Crippen LogP contribution in [-0.2, 0) is 13.1 Å². The normalized spacial score (nSPS) is 10.6. The van der Waals surface area contributed by atoms with Gasteiger partial charge in [0.25, 0.3) is 0 Å². The molecule has 0 radical (unpaired) electrons. The van der Waals surface area contributed by atoms with Gasteiger partial charge in [0.15, 0.2) is 0 Å². The Labute approximate surface area is 103 Å². The van der Waals surface area contributed by atoms with Gasteiger partial charge in [0.1, 0.15) is 0 Å². The molecule has 17 heavy (non-hydrogen) atoms. The summed E-state index contributed by atoms with van der Waals surface area (Å²) >= 11 is 0. The van der Waals surface area contributed by atoms with E-state index in [2.05, 4.69) is 53.2 Å². The summed E-state index contributed by atoms with van der Waals surface area (Å²) in [5, 5.41) is 4.67. The molecule has 0 aliphatic rings. The second-order valence-corrected chi connectivity index (χ2v) is 4.10. The molecule has 1 aromatic heterocycles. The van der Waals surface area contributed by atoms with Gasteiger partial charge < -0.3 is 9.88 Å². The van der Waals surface area contributed by atoms with E-state index < -0.39 is 0 Å². The fourth-order valence-electron chi connectivity index (χ4n) is 2.11. The summed E-state index contributed by atoms with van der Waals surface area (Å²) in [6.45, 7) is 4.91. The van der Waals surface area contributed by atoms with Crippen molar-refractivity contribution in [1.82, 2.24) is 9.88 Å². The molecule has 0 fully saturated rings. The van der Waals surface area contributed by atoms with Crippen molar-refractivity contribution in [2.75, 3.05) is 6.54 Å². The molecule has 2 heteroatoms. The Morgan fingerprint density at radius 1 is 1.35 bits per heavy atom. The molecular weight excluding hydrogens is 208 g/mol. The number of benzene rings is 1. The van der Waals surface area contributed by atoms with Gasteiger partial charge in [0, 0.05) is 25.7 Å². The number of para-hydroxylation sites is 1. The quantitative estimate of drug-likeness (QED) is 0.776. The number of terminal acetylenes is 1. The lowest BCUT2D eigenvalue weighted by molar-refractivity contribution is 0.713. The van der Waals surface area contributed by atoms with Gasteiger partial charge in [-0.05, 0) is 23.6 Å². The third-order valence-corrected chi connectivity index (χ3v) is 2.93. The fourth-order valence-corrected chi connectivity index (χ4v) is 2.11. The Bertz CT molecular complexity index is 531. The molecule has 0 saturated carbocycles. The molecule has 0 unspecified atom stereocenters. The van der Waals surface area contributed by atoms with Gasteiger partial charge in [-0.1, -0.05) is 25.1 Å². The minimum absolute atomic E-state index is 0.777. The average Bonchev–Trinajstić information content (AvgIpc) is 2.77. The molecule has 0 amide bonds. The molecule has 88 valence electrons. The highest BCUT2D eigenvalue weighted by Crippen LogP contribution is 2.20. The number of fused-ring (bicyclic) bond motifs is 1. The van der Waals surface area contributed by atoms with Crippen LogP contribution in [0.5, 0.6) is 0 Å². The first kappa shape index (κ1) is 11.8. The number of aryl methyl sites for hydroxylation is 1. The van der Waals surface area contributed by atoms with Crippen LogP contribution in [0, 0.1) is 12.3 Å². The molecule has 0 aliphatic heterocycles. The Balaban J connectivity index is 2.37. The Morgan fingerprint density at radius 3 is 3.00 bits per heavy atom. The molecule has 2 nitrogen and oxygen atoms in total. The summed E-state index contributed by atoms with van der Waals surface area (Å²) in [6.07, 6.45) is 8.23. The van der Waals surface area contributed by atoms with Crippen LogP contribution in [0.15, 0.2) is 30.5 Å². The number of aromatic nitrogens is 1. The van der Waals surface area contributed by atoms with E-state index in [0.717, 1.165) is 26.1 Å². The average molecular weight is 226 g/mol. The molecule has 0 atom stereocenters. The zero-order valence-electron chi connectivity index (χ0n) is 10.2. The van der Waals surface area contributed by atoms with E-state index in [9.17, 15) is 0 Å². The molecule has 0 bridgehead atoms. The monoisotopic (exact) mass is 226 g/mol. The Morgan fingerprint density at radius 2 is 2.24 bits per heavy atom. The number of nitrogens with one attached hydrogen (secondary N) is 1. The van der Waals surface area contributed by atoms with Gasteiger partial charge >= 0.3 is 0 Å². The zero-order chi connectivity index (χ0) is 12.1. The summed E-state index contributed by atoms with van der Waals surface area (Å²) in [5.41, 5.74) is 2.65. The van der Waals surface area contributed by atoms with E-state index in [0.29, 0.717) is 0 Å². The molecule has 2 rings (SSSR count). The lowest BCUT2D eigenvalue weighted by atomic mass is 10.1. The van der Waals surface area contributed by atoms with Crippen molar-refractivity contribution in [2.45, 2.75) is 26.4 Å². The zero-order valence-corrected chi connectivity index (χ0v) is 10.2. The highest BCUT2D eigenvalue weighted by Gasteiger charge is 2.05. The van der Waals surface area contributed by atoms with Gasteiger partial charge in [0.2, 0.25) is 0 Å². The number of hydrogen-bond acceptors (Lipinski definition) is 1. The maximum absolute atomic E-state index is 5.33. The SMILES string of the molecule is C#CCCn1ccc2cccc(CNCC)c21. The third-order valence-electron chi connectivity index (χ3n) is 2.93. The van der Waals surface area contributed by atoms with Crippen LogP contribution in [0.3, 0.4) is 0 Å². The fraction of sp³-hybridized carbons (Fsp3) is 0.333. The minimum Gasteiger partial charge on any atom is -0.346 e. The number of hydrogen-bond donors (Lipinski definition) is 1. The van der Waals surface area contributed by atoms with Crippen molar-refractivity contribution in [3.8, 4) is 12.3 Å². The van der Waals surface area contributed by atoms with Gasteiger partial charge in [-0.15, -0.1) is 12.3 Å². The first-order valence-electron chi connectivity index (χ1n) is 6.07. The maximum atomic E-state index is 5.33. The second kappa shape index (κ2) is 5.56. The largest absolute Gasteiger partial charge is 0.346 e. The van der Waals surface area contributed by atoms with Crippen molar-refractivity contribution < 1.29 is 0 Å². The Hall–Kier alpha value is -1.72. The van der Waals surface area contributed by atoms with Crippen molar-refractivity contribution >= 4 is 10.9 Å². The maximum Gasteiger partial charge on any atom is 0.0526 e. The predicted octanol–water partition coefficient (Wildman–Crippen LogP) is 2.77. The lowest BCUT2D eigenvalue weighted by Crippen LogP contribution is -2.12. The second-order valence-electron chi connectivity index (χ2n) is 4.10. The van der Waals surface area contributed by atoms with Crippen molar-refractivity contribution in [3.05, 3.63) is 36.0 Å². The van der Waals surface area contributed by atoms with Crippen LogP contribution in [0.25, 0.3) is 10.9 Å². The molecule has 0 aliphatic carbocycles. The molecule has 0 saturated heterocycles. The van der Waals surface area contributed by atoms with Crippen LogP contribution in [-0.4, -0.2) is 11.1 Å². The van der Waals surface area contributed by atoms with E-state index in [1.165, 1.54) is 16.5 Å². The van der Waals surface area contributed by atoms with Crippen LogP contribution in [0.4, 0.5) is 0 Å². The van der Waals surface area contributed by atoms with Gasteiger partial charge in [-0.2, -0.15) is 0 Å². The van der Waals surface area contributed by atoms with E-state index in [-0.39, 0.29) is 0 Å². The van der Waals surface area contributed by atoms with Crippen molar-refractivity contribution in [3.63, 3.8) is 0 Å². The molecular formula is C15H18N2. The van der Waals surface area contributed by atoms with Crippen LogP contribution < -0.4 is 5.32 Å². The molecule has 1 N–H and O–H groups in total. The summed E-state index contributed by atoms with van der Waals surface area (Å²) in [7, 11) is 0. The Kier molecular flexibility index (Phi) is 3.85. The topological polar surface area (TPSA) is 17.0 Å². The third kappa shape index (κ3) is 2.51. The minimum atomic E-state index is 0.777. The van der Waals surface area contributed by atoms with Crippen LogP contribution in [0.1, 0.15) is 18.9 Å². The van der Waals surface area contributed by atoms with Gasteiger partial charge in [0.05, 0.1) is 5.52 Å². The molecule has 0 spiro atoms. The summed E-state index contributed by atoms with van der Waals surface area (Å²) in [4.78, 5) is 0. The lowest BCUT2D eigenvalue weighted by Gasteiger charge is -2.09. The predicted molar refractivity (Wildman–Crippen MR) is 72.8 cm³/mol. The summed E-state index contributed by atoms with van der Waals surface area (Å²) in [6, 6.07) is 8.59. The molecule has 2 aromatic rings. The molecule has 1 heterocycles.